The van der Waals surface area contributed by atoms with Gasteiger partial charge >= 0.3 is 12.2 Å². The minimum Gasteiger partial charge on any atom is -0.459 e. The summed E-state index contributed by atoms with van der Waals surface area (Å²) in [5, 5.41) is 0. The van der Waals surface area contributed by atoms with Crippen LogP contribution in [0.1, 0.15) is 38.3 Å². The van der Waals surface area contributed by atoms with E-state index in [9.17, 15) is 21.6 Å². The molecule has 1 aliphatic heterocycles. The maximum Gasteiger partial charge on any atom is 0.433 e. The fourth-order valence-electron chi connectivity index (χ4n) is 2.41. The summed E-state index contributed by atoms with van der Waals surface area (Å²) < 4.78 is 69.1. The topological polar surface area (TPSA) is 72.4 Å². The largest absolute Gasteiger partial charge is 0.459 e. The van der Waals surface area contributed by atoms with Crippen LogP contribution in [0, 0.1) is 0 Å². The van der Waals surface area contributed by atoms with E-state index in [1.165, 1.54) is 4.31 Å². The van der Waals surface area contributed by atoms with Crippen LogP contribution >= 0.6 is 0 Å². The van der Waals surface area contributed by atoms with Gasteiger partial charge in [0.25, 0.3) is 0 Å². The molecule has 2 heterocycles. The van der Waals surface area contributed by atoms with Gasteiger partial charge in [-0.15, -0.1) is 0 Å². The zero-order chi connectivity index (χ0) is 17.8. The molecule has 0 bridgehead atoms. The van der Waals surface area contributed by atoms with Crippen LogP contribution < -0.4 is 4.74 Å². The van der Waals surface area contributed by atoms with E-state index in [4.69, 9.17) is 4.74 Å². The molecule has 1 saturated heterocycles. The van der Waals surface area contributed by atoms with E-state index in [0.717, 1.165) is 18.7 Å². The number of hydrogen-bond donors (Lipinski definition) is 0. The van der Waals surface area contributed by atoms with Gasteiger partial charge in [0.1, 0.15) is 6.10 Å². The lowest BCUT2D eigenvalue weighted by Crippen LogP contribution is -2.45. The molecular formula is C14H20F3N3O3S. The maximum atomic E-state index is 12.6. The van der Waals surface area contributed by atoms with Crippen molar-refractivity contribution < 1.29 is 26.3 Å². The standard InChI is InChI=1S/C14H20F3N3O3S/c1-2-3-9-24(21,22)20-8-4-5-11(10-20)23-13-18-7-6-12(19-13)14(15,16)17/h6-7,11H,2-5,8-10H2,1H3. The predicted octanol–water partition coefficient (Wildman–Crippen LogP) is 2.47. The number of halogens is 3. The van der Waals surface area contributed by atoms with Gasteiger partial charge in [-0.1, -0.05) is 13.3 Å². The van der Waals surface area contributed by atoms with E-state index < -0.39 is 28.0 Å². The van der Waals surface area contributed by atoms with Crippen molar-refractivity contribution in [1.82, 2.24) is 14.3 Å². The molecule has 0 aliphatic carbocycles. The van der Waals surface area contributed by atoms with Gasteiger partial charge in [0.05, 0.1) is 12.3 Å². The van der Waals surface area contributed by atoms with Crippen LogP contribution in [-0.2, 0) is 16.2 Å². The van der Waals surface area contributed by atoms with Crippen LogP contribution in [0.4, 0.5) is 13.2 Å². The first kappa shape index (κ1) is 18.9. The normalized spacial score (nSPS) is 20.1. The van der Waals surface area contributed by atoms with Crippen molar-refractivity contribution in [3.8, 4) is 6.01 Å². The number of aromatic nitrogens is 2. The van der Waals surface area contributed by atoms with Crippen molar-refractivity contribution in [1.29, 1.82) is 0 Å². The second-order valence-corrected chi connectivity index (χ2v) is 7.72. The summed E-state index contributed by atoms with van der Waals surface area (Å²) in [6.07, 6.45) is -1.70. The number of hydrogen-bond acceptors (Lipinski definition) is 5. The third-order valence-corrected chi connectivity index (χ3v) is 5.61. The van der Waals surface area contributed by atoms with Gasteiger partial charge in [-0.25, -0.2) is 13.4 Å². The molecule has 2 rings (SSSR count). The van der Waals surface area contributed by atoms with E-state index in [2.05, 4.69) is 9.97 Å². The Morgan fingerprint density at radius 2 is 2.17 bits per heavy atom. The van der Waals surface area contributed by atoms with Crippen LogP contribution in [0.3, 0.4) is 0 Å². The summed E-state index contributed by atoms with van der Waals surface area (Å²) in [5.74, 6) is 0.0658. The molecule has 10 heteroatoms. The molecule has 1 atom stereocenters. The number of sulfonamides is 1. The predicted molar refractivity (Wildman–Crippen MR) is 81.0 cm³/mol. The third-order valence-electron chi connectivity index (χ3n) is 3.69. The van der Waals surface area contributed by atoms with Crippen LogP contribution in [-0.4, -0.2) is 47.6 Å². The van der Waals surface area contributed by atoms with Gasteiger partial charge < -0.3 is 4.74 Å². The van der Waals surface area contributed by atoms with E-state index in [-0.39, 0.29) is 18.3 Å². The van der Waals surface area contributed by atoms with E-state index in [1.807, 2.05) is 6.92 Å². The Bertz CT molecular complexity index is 652. The molecule has 0 spiro atoms. The number of nitrogens with zero attached hydrogens (tertiary/aromatic N) is 3. The smallest absolute Gasteiger partial charge is 0.433 e. The molecule has 1 aromatic heterocycles. The van der Waals surface area contributed by atoms with Crippen LogP contribution in [0.25, 0.3) is 0 Å². The molecule has 24 heavy (non-hydrogen) atoms. The number of piperidine rings is 1. The summed E-state index contributed by atoms with van der Waals surface area (Å²) in [6, 6.07) is 0.373. The Morgan fingerprint density at radius 1 is 1.42 bits per heavy atom. The number of rotatable bonds is 6. The van der Waals surface area contributed by atoms with Crippen molar-refractivity contribution in [2.24, 2.45) is 0 Å². The van der Waals surface area contributed by atoms with Crippen molar-refractivity contribution in [2.45, 2.75) is 44.9 Å². The van der Waals surface area contributed by atoms with Crippen molar-refractivity contribution in [3.63, 3.8) is 0 Å². The molecule has 0 aromatic carbocycles. The van der Waals surface area contributed by atoms with Crippen LogP contribution in [0.15, 0.2) is 12.3 Å². The van der Waals surface area contributed by atoms with Gasteiger partial charge in [-0.05, 0) is 25.3 Å². The van der Waals surface area contributed by atoms with E-state index >= 15 is 0 Å². The number of alkyl halides is 3. The molecule has 136 valence electrons. The van der Waals surface area contributed by atoms with Gasteiger partial charge in [0.2, 0.25) is 10.0 Å². The van der Waals surface area contributed by atoms with Crippen LogP contribution in [0.2, 0.25) is 0 Å². The number of ether oxygens (including phenoxy) is 1. The summed E-state index contributed by atoms with van der Waals surface area (Å²) in [7, 11) is -3.37. The fourth-order valence-corrected chi connectivity index (χ4v) is 4.13. The monoisotopic (exact) mass is 367 g/mol. The Morgan fingerprint density at radius 3 is 2.83 bits per heavy atom. The molecule has 0 amide bonds. The van der Waals surface area contributed by atoms with Gasteiger partial charge in [0.15, 0.2) is 5.69 Å². The van der Waals surface area contributed by atoms with Gasteiger partial charge in [-0.3, -0.25) is 0 Å². The minimum atomic E-state index is -4.58. The van der Waals surface area contributed by atoms with Crippen molar-refractivity contribution in [2.75, 3.05) is 18.8 Å². The SMILES string of the molecule is CCCCS(=O)(=O)N1CCCC(Oc2nccc(C(F)(F)F)n2)C1. The highest BCUT2D eigenvalue weighted by atomic mass is 32.2. The molecule has 1 unspecified atom stereocenters. The maximum absolute atomic E-state index is 12.6. The summed E-state index contributed by atoms with van der Waals surface area (Å²) >= 11 is 0. The second kappa shape index (κ2) is 7.64. The highest BCUT2D eigenvalue weighted by molar-refractivity contribution is 7.89. The molecular weight excluding hydrogens is 347 g/mol. The third kappa shape index (κ3) is 5.04. The highest BCUT2D eigenvalue weighted by Gasteiger charge is 2.34. The molecule has 6 nitrogen and oxygen atoms in total. The molecule has 1 aliphatic rings. The quantitative estimate of drug-likeness (QED) is 0.772. The highest BCUT2D eigenvalue weighted by Crippen LogP contribution is 2.28. The average Bonchev–Trinajstić information content (AvgIpc) is 2.53. The summed E-state index contributed by atoms with van der Waals surface area (Å²) in [5.41, 5.74) is -1.09. The number of unbranched alkanes of at least 4 members (excludes halogenated alkanes) is 1. The van der Waals surface area contributed by atoms with E-state index in [0.29, 0.717) is 25.8 Å². The zero-order valence-electron chi connectivity index (χ0n) is 13.3. The summed E-state index contributed by atoms with van der Waals surface area (Å²) in [6.45, 7) is 2.41. The lowest BCUT2D eigenvalue weighted by atomic mass is 10.1. The fraction of sp³-hybridized carbons (Fsp3) is 0.714. The first-order chi connectivity index (χ1) is 11.2. The molecule has 1 fully saturated rings. The Labute approximate surface area is 139 Å². The Kier molecular flexibility index (Phi) is 6.02. The first-order valence-electron chi connectivity index (χ1n) is 7.77. The average molecular weight is 367 g/mol. The van der Waals surface area contributed by atoms with Crippen molar-refractivity contribution >= 4 is 10.0 Å². The zero-order valence-corrected chi connectivity index (χ0v) is 14.1. The lowest BCUT2D eigenvalue weighted by molar-refractivity contribution is -0.141. The Balaban J connectivity index is 2.03. The molecule has 1 aromatic rings. The molecule has 0 saturated carbocycles. The summed E-state index contributed by atoms with van der Waals surface area (Å²) in [4.78, 5) is 7.03. The first-order valence-corrected chi connectivity index (χ1v) is 9.38. The second-order valence-electron chi connectivity index (χ2n) is 5.63. The van der Waals surface area contributed by atoms with Gasteiger partial charge in [-0.2, -0.15) is 22.5 Å². The minimum absolute atomic E-state index is 0.0658. The Hall–Kier alpha value is -1.42. The van der Waals surface area contributed by atoms with E-state index in [1.54, 1.807) is 0 Å². The van der Waals surface area contributed by atoms with Gasteiger partial charge in [0, 0.05) is 12.7 Å². The van der Waals surface area contributed by atoms with Crippen LogP contribution in [0.5, 0.6) is 6.01 Å². The van der Waals surface area contributed by atoms with Crippen molar-refractivity contribution in [3.05, 3.63) is 18.0 Å². The molecule has 0 radical (unpaired) electrons. The molecule has 0 N–H and O–H groups in total. The lowest BCUT2D eigenvalue weighted by Gasteiger charge is -2.31.